The topological polar surface area (TPSA) is 73.9 Å². The van der Waals surface area contributed by atoms with Crippen molar-refractivity contribution in [1.82, 2.24) is 4.72 Å². The molecular formula is C27H26BrNO5S. The fraction of sp³-hybridized carbons (Fsp3) is 0.185. The van der Waals surface area contributed by atoms with Gasteiger partial charge in [0.25, 0.3) is 0 Å². The monoisotopic (exact) mass is 555 g/mol. The van der Waals surface area contributed by atoms with E-state index in [1.807, 2.05) is 48.5 Å². The molecule has 0 heterocycles. The molecule has 0 aliphatic heterocycles. The minimum atomic E-state index is -3.63. The molecule has 0 amide bonds. The van der Waals surface area contributed by atoms with Crippen LogP contribution in [-0.4, -0.2) is 29.2 Å². The number of halogens is 1. The fourth-order valence-corrected chi connectivity index (χ4v) is 5.34. The summed E-state index contributed by atoms with van der Waals surface area (Å²) in [5.41, 5.74) is 1.81. The Hall–Kier alpha value is -3.07. The fourth-order valence-electron chi connectivity index (χ4n) is 3.70. The third-order valence-electron chi connectivity index (χ3n) is 5.61. The highest BCUT2D eigenvalue weighted by molar-refractivity contribution is 9.10. The molecular weight excluding hydrogens is 530 g/mol. The van der Waals surface area contributed by atoms with Gasteiger partial charge in [-0.05, 0) is 74.6 Å². The van der Waals surface area contributed by atoms with Gasteiger partial charge in [0, 0.05) is 6.54 Å². The smallest absolute Gasteiger partial charge is 0.240 e. The molecule has 4 aromatic carbocycles. The lowest BCUT2D eigenvalue weighted by atomic mass is 10.1. The van der Waals surface area contributed by atoms with E-state index in [2.05, 4.69) is 20.7 Å². The van der Waals surface area contributed by atoms with E-state index in [1.54, 1.807) is 44.6 Å². The lowest BCUT2D eigenvalue weighted by Crippen LogP contribution is -2.26. The van der Waals surface area contributed by atoms with E-state index in [-0.39, 0.29) is 11.4 Å². The van der Waals surface area contributed by atoms with Crippen LogP contribution in [0.1, 0.15) is 11.1 Å². The average Bonchev–Trinajstić information content (AvgIpc) is 2.88. The molecule has 182 valence electrons. The molecule has 0 aliphatic rings. The van der Waals surface area contributed by atoms with Gasteiger partial charge in [-0.3, -0.25) is 0 Å². The number of nitrogens with one attached hydrogen (secondary N) is 1. The summed E-state index contributed by atoms with van der Waals surface area (Å²) in [5, 5.41) is 2.20. The number of hydrogen-bond donors (Lipinski definition) is 1. The molecule has 0 fully saturated rings. The first-order valence-corrected chi connectivity index (χ1v) is 13.3. The maximum Gasteiger partial charge on any atom is 0.240 e. The van der Waals surface area contributed by atoms with E-state index in [9.17, 15) is 8.42 Å². The summed E-state index contributed by atoms with van der Waals surface area (Å²) in [6.45, 7) is 0.586. The first-order valence-electron chi connectivity index (χ1n) is 11.0. The number of sulfonamides is 1. The van der Waals surface area contributed by atoms with Crippen molar-refractivity contribution in [3.8, 4) is 17.2 Å². The second kappa shape index (κ2) is 11.1. The van der Waals surface area contributed by atoms with E-state index in [4.69, 9.17) is 14.2 Å². The Morgan fingerprint density at radius 2 is 1.49 bits per heavy atom. The van der Waals surface area contributed by atoms with Crippen LogP contribution in [0.15, 0.2) is 88.2 Å². The van der Waals surface area contributed by atoms with Crippen LogP contribution in [0.4, 0.5) is 0 Å². The number of benzene rings is 4. The number of rotatable bonds is 10. The molecule has 4 aromatic rings. The molecule has 0 aromatic heterocycles. The minimum Gasteiger partial charge on any atom is -0.493 e. The van der Waals surface area contributed by atoms with Crippen molar-refractivity contribution in [2.75, 3.05) is 20.8 Å². The van der Waals surface area contributed by atoms with Crippen molar-refractivity contribution in [1.29, 1.82) is 0 Å². The predicted molar refractivity (Wildman–Crippen MR) is 141 cm³/mol. The molecule has 0 saturated carbocycles. The van der Waals surface area contributed by atoms with Crippen molar-refractivity contribution < 1.29 is 22.6 Å². The highest BCUT2D eigenvalue weighted by atomic mass is 79.9. The van der Waals surface area contributed by atoms with E-state index in [1.165, 1.54) is 0 Å². The van der Waals surface area contributed by atoms with E-state index < -0.39 is 10.0 Å². The van der Waals surface area contributed by atoms with Gasteiger partial charge in [0.15, 0.2) is 11.5 Å². The first-order chi connectivity index (χ1) is 16.9. The van der Waals surface area contributed by atoms with Crippen LogP contribution < -0.4 is 18.9 Å². The Balaban J connectivity index is 1.35. The third-order valence-corrected chi connectivity index (χ3v) is 7.90. The van der Waals surface area contributed by atoms with Gasteiger partial charge in [-0.25, -0.2) is 13.1 Å². The van der Waals surface area contributed by atoms with E-state index >= 15 is 0 Å². The highest BCUT2D eigenvalue weighted by Gasteiger charge is 2.14. The molecule has 0 aliphatic carbocycles. The quantitative estimate of drug-likeness (QED) is 0.271. The molecule has 4 rings (SSSR count). The first kappa shape index (κ1) is 25.0. The van der Waals surface area contributed by atoms with Gasteiger partial charge in [-0.1, -0.05) is 48.5 Å². The second-order valence-electron chi connectivity index (χ2n) is 7.87. The summed E-state index contributed by atoms with van der Waals surface area (Å²) in [4.78, 5) is 0.209. The second-order valence-corrected chi connectivity index (χ2v) is 10.4. The Morgan fingerprint density at radius 3 is 2.23 bits per heavy atom. The Morgan fingerprint density at radius 1 is 0.800 bits per heavy atom. The van der Waals surface area contributed by atoms with Gasteiger partial charge in [-0.15, -0.1) is 0 Å². The Labute approximate surface area is 214 Å². The molecule has 0 spiro atoms. The SMILES string of the molecule is COc1ccc(CCNS(=O)(=O)c2ccc(COc3ccc4ccccc4c3Br)cc2)cc1OC. The molecule has 0 unspecified atom stereocenters. The van der Waals surface area contributed by atoms with Gasteiger partial charge in [0.05, 0.1) is 23.6 Å². The van der Waals surface area contributed by atoms with Crippen molar-refractivity contribution >= 4 is 36.7 Å². The largest absolute Gasteiger partial charge is 0.493 e. The van der Waals surface area contributed by atoms with Crippen LogP contribution in [0.3, 0.4) is 0 Å². The summed E-state index contributed by atoms with van der Waals surface area (Å²) in [5.74, 6) is 1.98. The van der Waals surface area contributed by atoms with Crippen LogP contribution in [0.2, 0.25) is 0 Å². The highest BCUT2D eigenvalue weighted by Crippen LogP contribution is 2.33. The zero-order valence-electron chi connectivity index (χ0n) is 19.5. The standard InChI is InChI=1S/C27H26BrNO5S/c1-32-24-13-9-19(17-26(24)33-2)15-16-29-35(30,31)22-11-7-20(8-12-22)18-34-25-14-10-21-5-3-4-6-23(21)27(25)28/h3-14,17,29H,15-16,18H2,1-2H3. The molecule has 0 atom stereocenters. The van der Waals surface area contributed by atoms with Crippen molar-refractivity contribution in [2.45, 2.75) is 17.9 Å². The van der Waals surface area contributed by atoms with Gasteiger partial charge in [-0.2, -0.15) is 0 Å². The Bertz CT molecular complexity index is 1420. The van der Waals surface area contributed by atoms with Gasteiger partial charge in [0.2, 0.25) is 10.0 Å². The average molecular weight is 556 g/mol. The van der Waals surface area contributed by atoms with Crippen molar-refractivity contribution in [3.63, 3.8) is 0 Å². The Kier molecular flexibility index (Phi) is 7.95. The van der Waals surface area contributed by atoms with Crippen LogP contribution >= 0.6 is 15.9 Å². The summed E-state index contributed by atoms with van der Waals surface area (Å²) in [6, 6.07) is 24.2. The molecule has 0 bridgehead atoms. The van der Waals surface area contributed by atoms with Gasteiger partial charge in [0.1, 0.15) is 12.4 Å². The lowest BCUT2D eigenvalue weighted by Gasteiger charge is -2.12. The van der Waals surface area contributed by atoms with Crippen molar-refractivity contribution in [3.05, 3.63) is 94.5 Å². The maximum atomic E-state index is 12.7. The number of hydrogen-bond acceptors (Lipinski definition) is 5. The van der Waals surface area contributed by atoms with Crippen LogP contribution in [0.5, 0.6) is 17.2 Å². The molecule has 0 radical (unpaired) electrons. The third kappa shape index (κ3) is 5.96. The zero-order chi connectivity index (χ0) is 24.8. The van der Waals surface area contributed by atoms with Crippen LogP contribution in [0.25, 0.3) is 10.8 Å². The minimum absolute atomic E-state index is 0.209. The normalized spacial score (nSPS) is 11.4. The molecule has 8 heteroatoms. The van der Waals surface area contributed by atoms with Gasteiger partial charge < -0.3 is 14.2 Å². The van der Waals surface area contributed by atoms with E-state index in [0.717, 1.165) is 32.1 Å². The van der Waals surface area contributed by atoms with Gasteiger partial charge >= 0.3 is 0 Å². The van der Waals surface area contributed by atoms with E-state index in [0.29, 0.717) is 24.5 Å². The van der Waals surface area contributed by atoms with Crippen LogP contribution in [0, 0.1) is 0 Å². The lowest BCUT2D eigenvalue weighted by molar-refractivity contribution is 0.304. The molecule has 35 heavy (non-hydrogen) atoms. The predicted octanol–water partition coefficient (Wildman–Crippen LogP) is 5.72. The van der Waals surface area contributed by atoms with Crippen LogP contribution in [-0.2, 0) is 23.1 Å². The molecule has 6 nitrogen and oxygen atoms in total. The maximum absolute atomic E-state index is 12.7. The van der Waals surface area contributed by atoms with Crippen molar-refractivity contribution in [2.24, 2.45) is 0 Å². The number of methoxy groups -OCH3 is 2. The zero-order valence-corrected chi connectivity index (χ0v) is 21.9. The number of ether oxygens (including phenoxy) is 3. The molecule has 0 saturated heterocycles. The molecule has 1 N–H and O–H groups in total. The number of fused-ring (bicyclic) bond motifs is 1. The summed E-state index contributed by atoms with van der Waals surface area (Å²) in [6.07, 6.45) is 0.520. The summed E-state index contributed by atoms with van der Waals surface area (Å²) < 4.78 is 45.5. The summed E-state index contributed by atoms with van der Waals surface area (Å²) >= 11 is 3.62. The summed E-state index contributed by atoms with van der Waals surface area (Å²) in [7, 11) is -0.484.